The Morgan fingerprint density at radius 2 is 1.72 bits per heavy atom. The predicted octanol–water partition coefficient (Wildman–Crippen LogP) is 4.98. The summed E-state index contributed by atoms with van der Waals surface area (Å²) in [5, 5.41) is 5.60. The van der Waals surface area contributed by atoms with Crippen molar-refractivity contribution in [3.8, 4) is 5.75 Å². The Labute approximate surface area is 213 Å². The Morgan fingerprint density at radius 1 is 1.06 bits per heavy atom. The smallest absolute Gasteiger partial charge is 0.408 e. The molecule has 2 N–H and O–H groups in total. The maximum atomic E-state index is 13.8. The normalized spacial score (nSPS) is 15.2. The van der Waals surface area contributed by atoms with Gasteiger partial charge in [0.2, 0.25) is 5.91 Å². The minimum atomic E-state index is -0.874. The first kappa shape index (κ1) is 27.0. The fourth-order valence-electron chi connectivity index (χ4n) is 4.12. The van der Waals surface area contributed by atoms with Gasteiger partial charge in [-0.3, -0.25) is 9.59 Å². The highest BCUT2D eigenvalue weighted by molar-refractivity contribution is 5.99. The molecule has 8 nitrogen and oxygen atoms in total. The van der Waals surface area contributed by atoms with Crippen molar-refractivity contribution >= 4 is 23.6 Å². The molecule has 2 aromatic carbocycles. The summed E-state index contributed by atoms with van der Waals surface area (Å²) in [6.45, 7) is 8.85. The number of nitrogens with zero attached hydrogens (tertiary/aromatic N) is 1. The number of alkyl carbamates (subject to hydrolysis) is 1. The zero-order valence-corrected chi connectivity index (χ0v) is 22.0. The number of benzene rings is 2. The molecule has 1 aliphatic rings. The summed E-state index contributed by atoms with van der Waals surface area (Å²) in [7, 11) is 1.58. The largest absolute Gasteiger partial charge is 0.497 e. The van der Waals surface area contributed by atoms with E-state index in [-0.39, 0.29) is 17.9 Å². The van der Waals surface area contributed by atoms with Crippen molar-refractivity contribution in [3.63, 3.8) is 0 Å². The number of amides is 3. The lowest BCUT2D eigenvalue weighted by molar-refractivity contribution is -0.145. The average Bonchev–Trinajstić information content (AvgIpc) is 2.76. The van der Waals surface area contributed by atoms with Crippen molar-refractivity contribution in [1.29, 1.82) is 0 Å². The molecule has 0 saturated heterocycles. The van der Waals surface area contributed by atoms with Crippen LogP contribution in [0.15, 0.2) is 48.5 Å². The van der Waals surface area contributed by atoms with Gasteiger partial charge in [-0.25, -0.2) is 4.79 Å². The maximum Gasteiger partial charge on any atom is 0.408 e. The molecule has 0 spiro atoms. The molecule has 2 unspecified atom stereocenters. The highest BCUT2D eigenvalue weighted by Crippen LogP contribution is 2.34. The lowest BCUT2D eigenvalue weighted by Gasteiger charge is -2.43. The molecule has 194 valence electrons. The van der Waals surface area contributed by atoms with Gasteiger partial charge in [0.05, 0.1) is 7.11 Å². The molecule has 8 heteroatoms. The van der Waals surface area contributed by atoms with Crippen LogP contribution in [0, 0.1) is 6.92 Å². The van der Waals surface area contributed by atoms with Gasteiger partial charge in [-0.15, -0.1) is 0 Å². The Kier molecular flexibility index (Phi) is 8.61. The molecule has 36 heavy (non-hydrogen) atoms. The van der Waals surface area contributed by atoms with Crippen molar-refractivity contribution in [3.05, 3.63) is 59.7 Å². The van der Waals surface area contributed by atoms with E-state index in [0.717, 1.165) is 24.8 Å². The number of carbonyl (C=O) groups excluding carboxylic acids is 3. The molecule has 0 heterocycles. The number of anilines is 1. The third-order valence-electron chi connectivity index (χ3n) is 6.07. The van der Waals surface area contributed by atoms with Crippen LogP contribution in [0.5, 0.6) is 5.75 Å². The Balaban J connectivity index is 1.92. The summed E-state index contributed by atoms with van der Waals surface area (Å²) < 4.78 is 10.5. The van der Waals surface area contributed by atoms with E-state index in [1.165, 1.54) is 0 Å². The van der Waals surface area contributed by atoms with E-state index in [1.54, 1.807) is 64.0 Å². The first-order valence-electron chi connectivity index (χ1n) is 12.3. The molecule has 1 saturated carbocycles. The van der Waals surface area contributed by atoms with Crippen LogP contribution in [0.25, 0.3) is 0 Å². The number of aryl methyl sites for hydroxylation is 1. The van der Waals surface area contributed by atoms with E-state index in [0.29, 0.717) is 17.0 Å². The zero-order chi connectivity index (χ0) is 26.5. The first-order chi connectivity index (χ1) is 17.0. The molecule has 0 aliphatic heterocycles. The molecular weight excluding hydrogens is 458 g/mol. The first-order valence-corrected chi connectivity index (χ1v) is 12.3. The predicted molar refractivity (Wildman–Crippen MR) is 139 cm³/mol. The van der Waals surface area contributed by atoms with Crippen molar-refractivity contribution in [2.75, 3.05) is 12.4 Å². The van der Waals surface area contributed by atoms with Gasteiger partial charge in [0.15, 0.2) is 0 Å². The summed E-state index contributed by atoms with van der Waals surface area (Å²) in [5.74, 6) is 0.0222. The number of ether oxygens (including phenoxy) is 2. The van der Waals surface area contributed by atoms with E-state index >= 15 is 0 Å². The van der Waals surface area contributed by atoms with Crippen molar-refractivity contribution < 1.29 is 23.9 Å². The van der Waals surface area contributed by atoms with Crippen LogP contribution in [0.1, 0.15) is 64.1 Å². The van der Waals surface area contributed by atoms with Crippen LogP contribution < -0.4 is 15.4 Å². The molecule has 0 bridgehead atoms. The zero-order valence-electron chi connectivity index (χ0n) is 22.0. The molecule has 0 radical (unpaired) electrons. The highest BCUT2D eigenvalue weighted by atomic mass is 16.6. The average molecular weight is 496 g/mol. The van der Waals surface area contributed by atoms with Crippen molar-refractivity contribution in [2.45, 2.75) is 77.6 Å². The Hall–Kier alpha value is -3.55. The molecule has 2 aromatic rings. The van der Waals surface area contributed by atoms with Crippen molar-refractivity contribution in [1.82, 2.24) is 10.2 Å². The molecule has 3 amide bonds. The fraction of sp³-hybridized carbons (Fsp3) is 0.464. The minimum absolute atomic E-state index is 0.104. The second-order valence-electron chi connectivity index (χ2n) is 10.2. The summed E-state index contributed by atoms with van der Waals surface area (Å²) >= 11 is 0. The number of nitrogens with one attached hydrogen (secondary N) is 2. The summed E-state index contributed by atoms with van der Waals surface area (Å²) in [6, 6.07) is 12.8. The summed E-state index contributed by atoms with van der Waals surface area (Å²) in [5.41, 5.74) is 1.60. The Morgan fingerprint density at radius 3 is 2.25 bits per heavy atom. The maximum absolute atomic E-state index is 13.8. The van der Waals surface area contributed by atoms with E-state index in [4.69, 9.17) is 9.47 Å². The number of hydrogen-bond acceptors (Lipinski definition) is 5. The number of hydrogen-bond donors (Lipinski definition) is 2. The van der Waals surface area contributed by atoms with Gasteiger partial charge in [0.1, 0.15) is 23.4 Å². The van der Waals surface area contributed by atoms with Gasteiger partial charge >= 0.3 is 6.09 Å². The number of carbonyl (C=O) groups is 3. The number of rotatable bonds is 8. The fourth-order valence-corrected chi connectivity index (χ4v) is 4.12. The van der Waals surface area contributed by atoms with E-state index < -0.39 is 23.8 Å². The van der Waals surface area contributed by atoms with Gasteiger partial charge in [-0.05, 0) is 83.7 Å². The molecule has 3 rings (SSSR count). The minimum Gasteiger partial charge on any atom is -0.497 e. The molecule has 1 aliphatic carbocycles. The standard InChI is InChI=1S/C28H37N3O5/c1-18-9-7-10-20(17-18)24(25(32)30-21-13-15-23(35-6)16-14-21)31(22-11-8-12-22)26(33)19(2)29-27(34)36-28(3,4)5/h7,9-10,13-17,19,22,24H,8,11-12H2,1-6H3,(H,29,34)(H,30,32). The Bertz CT molecular complexity index is 1070. The highest BCUT2D eigenvalue weighted by Gasteiger charge is 2.41. The number of methoxy groups -OCH3 is 1. The summed E-state index contributed by atoms with van der Waals surface area (Å²) in [6.07, 6.45) is 1.89. The lowest BCUT2D eigenvalue weighted by Crippen LogP contribution is -2.56. The van der Waals surface area contributed by atoms with Crippen LogP contribution in [0.4, 0.5) is 10.5 Å². The van der Waals surface area contributed by atoms with Crippen LogP contribution in [-0.4, -0.2) is 47.6 Å². The quantitative estimate of drug-likeness (QED) is 0.539. The van der Waals surface area contributed by atoms with Crippen LogP contribution >= 0.6 is 0 Å². The molecule has 0 aromatic heterocycles. The SMILES string of the molecule is COc1ccc(NC(=O)C(c2cccc(C)c2)N(C(=O)C(C)NC(=O)OC(C)(C)C)C2CCC2)cc1. The third kappa shape index (κ3) is 6.99. The lowest BCUT2D eigenvalue weighted by atomic mass is 9.88. The second kappa shape index (κ2) is 11.5. The molecule has 1 fully saturated rings. The van der Waals surface area contributed by atoms with E-state index in [9.17, 15) is 14.4 Å². The van der Waals surface area contributed by atoms with Gasteiger partial charge in [0.25, 0.3) is 5.91 Å². The van der Waals surface area contributed by atoms with Gasteiger partial charge in [-0.1, -0.05) is 29.8 Å². The second-order valence-corrected chi connectivity index (χ2v) is 10.2. The molecule has 2 atom stereocenters. The van der Waals surface area contributed by atoms with E-state index in [2.05, 4.69) is 10.6 Å². The van der Waals surface area contributed by atoms with E-state index in [1.807, 2.05) is 31.2 Å². The topological polar surface area (TPSA) is 97.0 Å². The monoisotopic (exact) mass is 495 g/mol. The van der Waals surface area contributed by atoms with Crippen LogP contribution in [0.3, 0.4) is 0 Å². The van der Waals surface area contributed by atoms with Gasteiger partial charge in [0, 0.05) is 11.7 Å². The van der Waals surface area contributed by atoms with Crippen molar-refractivity contribution in [2.24, 2.45) is 0 Å². The van der Waals surface area contributed by atoms with Gasteiger partial charge in [-0.2, -0.15) is 0 Å². The van der Waals surface area contributed by atoms with Crippen LogP contribution in [-0.2, 0) is 14.3 Å². The third-order valence-corrected chi connectivity index (χ3v) is 6.07. The van der Waals surface area contributed by atoms with Gasteiger partial charge < -0.3 is 25.0 Å². The van der Waals surface area contributed by atoms with Crippen LogP contribution in [0.2, 0.25) is 0 Å². The summed E-state index contributed by atoms with van der Waals surface area (Å²) in [4.78, 5) is 41.5. The molecular formula is C28H37N3O5.